The second-order valence-electron chi connectivity index (χ2n) is 4.13. The van der Waals surface area contributed by atoms with Crippen molar-refractivity contribution in [2.75, 3.05) is 7.05 Å². The van der Waals surface area contributed by atoms with Crippen LogP contribution in [-0.4, -0.2) is 13.1 Å². The summed E-state index contributed by atoms with van der Waals surface area (Å²) < 4.78 is 0. The highest BCUT2D eigenvalue weighted by Gasteiger charge is 2.12. The van der Waals surface area contributed by atoms with Crippen LogP contribution in [0.3, 0.4) is 0 Å². The molecule has 0 saturated carbocycles. The lowest BCUT2D eigenvalue weighted by Crippen LogP contribution is -2.31. The fourth-order valence-electron chi connectivity index (χ4n) is 1.79. The van der Waals surface area contributed by atoms with Crippen LogP contribution in [0.5, 0.6) is 0 Å². The van der Waals surface area contributed by atoms with Crippen LogP contribution in [0.2, 0.25) is 0 Å². The molecule has 0 saturated heterocycles. The van der Waals surface area contributed by atoms with E-state index in [4.69, 9.17) is 0 Å². The molecule has 0 amide bonds. The molecule has 1 N–H and O–H groups in total. The van der Waals surface area contributed by atoms with Gasteiger partial charge in [0.05, 0.1) is 0 Å². The van der Waals surface area contributed by atoms with Crippen LogP contribution < -0.4 is 5.32 Å². The molecular formula is C12H27N. The predicted octanol–water partition coefficient (Wildman–Crippen LogP) is 3.59. The molecule has 0 aliphatic rings. The van der Waals surface area contributed by atoms with E-state index in [1.165, 1.54) is 38.5 Å². The van der Waals surface area contributed by atoms with E-state index >= 15 is 0 Å². The molecule has 0 aliphatic carbocycles. The van der Waals surface area contributed by atoms with Crippen molar-refractivity contribution in [3.63, 3.8) is 0 Å². The molecule has 0 aromatic carbocycles. The SMILES string of the molecule is CCCCCCC(NC)C(C)CC. The second-order valence-corrected chi connectivity index (χ2v) is 4.13. The van der Waals surface area contributed by atoms with Crippen molar-refractivity contribution in [1.29, 1.82) is 0 Å². The molecule has 0 fully saturated rings. The molecule has 13 heavy (non-hydrogen) atoms. The summed E-state index contributed by atoms with van der Waals surface area (Å²) in [6.45, 7) is 6.90. The average molecular weight is 185 g/mol. The fourth-order valence-corrected chi connectivity index (χ4v) is 1.79. The summed E-state index contributed by atoms with van der Waals surface area (Å²) in [6, 6.07) is 0.738. The summed E-state index contributed by atoms with van der Waals surface area (Å²) in [5, 5.41) is 3.43. The van der Waals surface area contributed by atoms with Crippen molar-refractivity contribution in [1.82, 2.24) is 5.32 Å². The van der Waals surface area contributed by atoms with Crippen LogP contribution >= 0.6 is 0 Å². The van der Waals surface area contributed by atoms with E-state index in [1.54, 1.807) is 0 Å². The topological polar surface area (TPSA) is 12.0 Å². The first-order valence-electron chi connectivity index (χ1n) is 5.93. The number of nitrogens with one attached hydrogen (secondary N) is 1. The zero-order valence-corrected chi connectivity index (χ0v) is 9.90. The van der Waals surface area contributed by atoms with Crippen LogP contribution in [0.4, 0.5) is 0 Å². The molecule has 0 heterocycles. The van der Waals surface area contributed by atoms with Gasteiger partial charge in [-0.3, -0.25) is 0 Å². The number of hydrogen-bond donors (Lipinski definition) is 1. The molecule has 0 aliphatic heterocycles. The minimum atomic E-state index is 0.738. The highest BCUT2D eigenvalue weighted by atomic mass is 14.9. The quantitative estimate of drug-likeness (QED) is 0.570. The maximum absolute atomic E-state index is 3.43. The molecule has 0 bridgehead atoms. The number of unbranched alkanes of at least 4 members (excludes halogenated alkanes) is 3. The Kier molecular flexibility index (Phi) is 8.53. The first kappa shape index (κ1) is 13.0. The van der Waals surface area contributed by atoms with Gasteiger partial charge in [-0.25, -0.2) is 0 Å². The van der Waals surface area contributed by atoms with Crippen molar-refractivity contribution in [2.45, 2.75) is 65.3 Å². The van der Waals surface area contributed by atoms with Crippen LogP contribution in [0.25, 0.3) is 0 Å². The van der Waals surface area contributed by atoms with Crippen LogP contribution in [0.1, 0.15) is 59.3 Å². The fraction of sp³-hybridized carbons (Fsp3) is 1.00. The largest absolute Gasteiger partial charge is 0.317 e. The molecule has 80 valence electrons. The van der Waals surface area contributed by atoms with E-state index < -0.39 is 0 Å². The van der Waals surface area contributed by atoms with Gasteiger partial charge in [0.1, 0.15) is 0 Å². The van der Waals surface area contributed by atoms with Gasteiger partial charge < -0.3 is 5.32 Å². The van der Waals surface area contributed by atoms with E-state index in [-0.39, 0.29) is 0 Å². The third-order valence-corrected chi connectivity index (χ3v) is 3.07. The molecule has 2 atom stereocenters. The number of rotatable bonds is 8. The van der Waals surface area contributed by atoms with E-state index in [1.807, 2.05) is 0 Å². The summed E-state index contributed by atoms with van der Waals surface area (Å²) in [4.78, 5) is 0. The zero-order chi connectivity index (χ0) is 10.1. The molecule has 0 rings (SSSR count). The lowest BCUT2D eigenvalue weighted by Gasteiger charge is -2.22. The Labute approximate surface area is 84.3 Å². The van der Waals surface area contributed by atoms with Gasteiger partial charge >= 0.3 is 0 Å². The lowest BCUT2D eigenvalue weighted by atomic mass is 9.94. The zero-order valence-electron chi connectivity index (χ0n) is 9.90. The molecule has 1 nitrogen and oxygen atoms in total. The van der Waals surface area contributed by atoms with E-state index in [0.717, 1.165) is 12.0 Å². The average Bonchev–Trinajstić information content (AvgIpc) is 2.17. The summed E-state index contributed by atoms with van der Waals surface area (Å²) in [5.41, 5.74) is 0. The van der Waals surface area contributed by atoms with E-state index in [9.17, 15) is 0 Å². The molecule has 0 spiro atoms. The van der Waals surface area contributed by atoms with Gasteiger partial charge in [-0.1, -0.05) is 52.9 Å². The van der Waals surface area contributed by atoms with Gasteiger partial charge in [-0.05, 0) is 19.4 Å². The van der Waals surface area contributed by atoms with Crippen LogP contribution in [0.15, 0.2) is 0 Å². The monoisotopic (exact) mass is 185 g/mol. The van der Waals surface area contributed by atoms with Crippen molar-refractivity contribution in [2.24, 2.45) is 5.92 Å². The molecular weight excluding hydrogens is 158 g/mol. The minimum Gasteiger partial charge on any atom is -0.317 e. The number of hydrogen-bond acceptors (Lipinski definition) is 1. The molecule has 0 aromatic heterocycles. The third kappa shape index (κ3) is 6.09. The molecule has 2 unspecified atom stereocenters. The first-order chi connectivity index (χ1) is 6.26. The van der Waals surface area contributed by atoms with Crippen molar-refractivity contribution in [3.05, 3.63) is 0 Å². The highest BCUT2D eigenvalue weighted by molar-refractivity contribution is 4.70. The third-order valence-electron chi connectivity index (χ3n) is 3.07. The van der Waals surface area contributed by atoms with Gasteiger partial charge in [-0.2, -0.15) is 0 Å². The van der Waals surface area contributed by atoms with E-state index in [0.29, 0.717) is 0 Å². The van der Waals surface area contributed by atoms with Gasteiger partial charge in [0.25, 0.3) is 0 Å². The Balaban J connectivity index is 3.47. The van der Waals surface area contributed by atoms with Gasteiger partial charge in [0.2, 0.25) is 0 Å². The van der Waals surface area contributed by atoms with E-state index in [2.05, 4.69) is 33.1 Å². The van der Waals surface area contributed by atoms with Crippen molar-refractivity contribution < 1.29 is 0 Å². The molecule has 0 aromatic rings. The van der Waals surface area contributed by atoms with Gasteiger partial charge in [0, 0.05) is 6.04 Å². The Morgan fingerprint density at radius 2 is 1.77 bits per heavy atom. The van der Waals surface area contributed by atoms with Gasteiger partial charge in [-0.15, -0.1) is 0 Å². The van der Waals surface area contributed by atoms with Crippen LogP contribution in [0, 0.1) is 5.92 Å². The Hall–Kier alpha value is -0.0400. The highest BCUT2D eigenvalue weighted by Crippen LogP contribution is 2.14. The summed E-state index contributed by atoms with van der Waals surface area (Å²) in [6.07, 6.45) is 8.18. The van der Waals surface area contributed by atoms with Crippen molar-refractivity contribution >= 4 is 0 Å². The smallest absolute Gasteiger partial charge is 0.00895 e. The Morgan fingerprint density at radius 3 is 2.23 bits per heavy atom. The normalized spacial score (nSPS) is 15.7. The lowest BCUT2D eigenvalue weighted by molar-refractivity contribution is 0.357. The first-order valence-corrected chi connectivity index (χ1v) is 5.93. The van der Waals surface area contributed by atoms with Crippen LogP contribution in [-0.2, 0) is 0 Å². The maximum atomic E-state index is 3.43. The maximum Gasteiger partial charge on any atom is 0.00895 e. The van der Waals surface area contributed by atoms with Crippen molar-refractivity contribution in [3.8, 4) is 0 Å². The predicted molar refractivity (Wildman–Crippen MR) is 61.1 cm³/mol. The standard InChI is InChI=1S/C12H27N/c1-5-7-8-9-10-12(13-4)11(3)6-2/h11-13H,5-10H2,1-4H3. The molecule has 1 heteroatoms. The van der Waals surface area contributed by atoms with Gasteiger partial charge in [0.15, 0.2) is 0 Å². The summed E-state index contributed by atoms with van der Waals surface area (Å²) in [5.74, 6) is 0.826. The summed E-state index contributed by atoms with van der Waals surface area (Å²) in [7, 11) is 2.09. The second kappa shape index (κ2) is 8.55. The Bertz CT molecular complexity index is 101. The Morgan fingerprint density at radius 1 is 1.08 bits per heavy atom. The summed E-state index contributed by atoms with van der Waals surface area (Å²) >= 11 is 0. The molecule has 0 radical (unpaired) electrons. The minimum absolute atomic E-state index is 0.738.